The number of halogens is 2. The Kier molecular flexibility index (Phi) is 4.57. The van der Waals surface area contributed by atoms with E-state index in [0.29, 0.717) is 25.3 Å². The zero-order valence-electron chi connectivity index (χ0n) is 14.0. The molecule has 3 rings (SSSR count). The molecule has 1 aliphatic rings. The zero-order chi connectivity index (χ0) is 18.1. The van der Waals surface area contributed by atoms with Crippen LogP contribution in [0.3, 0.4) is 0 Å². The SMILES string of the molecule is Cc1cc(OC2CCN(C(=O)c3ccc(F)c(F)c3)C2)cc(=O)n1C. The monoisotopic (exact) mass is 348 g/mol. The second kappa shape index (κ2) is 6.66. The van der Waals surface area contributed by atoms with E-state index in [1.165, 1.54) is 21.6 Å². The summed E-state index contributed by atoms with van der Waals surface area (Å²) in [6.07, 6.45) is 0.352. The van der Waals surface area contributed by atoms with E-state index >= 15 is 0 Å². The van der Waals surface area contributed by atoms with Gasteiger partial charge in [0.1, 0.15) is 11.9 Å². The van der Waals surface area contributed by atoms with Gasteiger partial charge in [-0.05, 0) is 31.2 Å². The number of aryl methyl sites for hydroxylation is 1. The highest BCUT2D eigenvalue weighted by Crippen LogP contribution is 2.20. The maximum absolute atomic E-state index is 13.3. The fourth-order valence-corrected chi connectivity index (χ4v) is 2.82. The van der Waals surface area contributed by atoms with Crippen molar-refractivity contribution in [2.24, 2.45) is 7.05 Å². The van der Waals surface area contributed by atoms with E-state index < -0.39 is 11.6 Å². The van der Waals surface area contributed by atoms with Crippen LogP contribution in [0.1, 0.15) is 22.5 Å². The van der Waals surface area contributed by atoms with Crippen molar-refractivity contribution in [1.29, 1.82) is 0 Å². The summed E-state index contributed by atoms with van der Waals surface area (Å²) in [5, 5.41) is 0. The topological polar surface area (TPSA) is 51.5 Å². The standard InChI is InChI=1S/C18H18F2N2O3/c1-11-7-14(9-17(23)21(11)2)25-13-5-6-22(10-13)18(24)12-3-4-15(19)16(20)8-12/h3-4,7-9,13H,5-6,10H2,1-2H3. The number of aromatic nitrogens is 1. The number of likely N-dealkylation sites (tertiary alicyclic amines) is 1. The fraction of sp³-hybridized carbons (Fsp3) is 0.333. The molecule has 1 amide bonds. The minimum Gasteiger partial charge on any atom is -0.488 e. The van der Waals surface area contributed by atoms with Crippen molar-refractivity contribution in [3.63, 3.8) is 0 Å². The Morgan fingerprint density at radius 3 is 2.64 bits per heavy atom. The molecule has 1 aliphatic heterocycles. The Bertz CT molecular complexity index is 879. The molecule has 1 atom stereocenters. The van der Waals surface area contributed by atoms with Gasteiger partial charge in [0.2, 0.25) is 0 Å². The molecule has 1 fully saturated rings. The van der Waals surface area contributed by atoms with Crippen molar-refractivity contribution in [1.82, 2.24) is 9.47 Å². The van der Waals surface area contributed by atoms with Crippen molar-refractivity contribution >= 4 is 5.91 Å². The van der Waals surface area contributed by atoms with E-state index in [-0.39, 0.29) is 23.1 Å². The number of hydrogen-bond donors (Lipinski definition) is 0. The summed E-state index contributed by atoms with van der Waals surface area (Å²) >= 11 is 0. The number of ether oxygens (including phenoxy) is 1. The molecular formula is C18H18F2N2O3. The number of rotatable bonds is 3. The van der Waals surface area contributed by atoms with Crippen LogP contribution in [0.25, 0.3) is 0 Å². The van der Waals surface area contributed by atoms with Crippen LogP contribution in [0.2, 0.25) is 0 Å². The Balaban J connectivity index is 1.68. The van der Waals surface area contributed by atoms with Crippen molar-refractivity contribution in [2.75, 3.05) is 13.1 Å². The lowest BCUT2D eigenvalue weighted by atomic mass is 10.2. The molecule has 132 valence electrons. The van der Waals surface area contributed by atoms with Gasteiger partial charge in [-0.15, -0.1) is 0 Å². The molecule has 0 radical (unpaired) electrons. The van der Waals surface area contributed by atoms with E-state index in [4.69, 9.17) is 4.74 Å². The smallest absolute Gasteiger partial charge is 0.254 e. The fourth-order valence-electron chi connectivity index (χ4n) is 2.82. The second-order valence-corrected chi connectivity index (χ2v) is 6.14. The summed E-state index contributed by atoms with van der Waals surface area (Å²) in [4.78, 5) is 25.7. The van der Waals surface area contributed by atoms with Gasteiger partial charge in [0.25, 0.3) is 11.5 Å². The molecular weight excluding hydrogens is 330 g/mol. The molecule has 1 aromatic heterocycles. The van der Waals surface area contributed by atoms with Crippen LogP contribution in [0, 0.1) is 18.6 Å². The third kappa shape index (κ3) is 3.55. The number of carbonyl (C=O) groups is 1. The predicted molar refractivity (Wildman–Crippen MR) is 87.7 cm³/mol. The largest absolute Gasteiger partial charge is 0.488 e. The highest BCUT2D eigenvalue weighted by Gasteiger charge is 2.28. The molecule has 1 saturated heterocycles. The minimum absolute atomic E-state index is 0.101. The van der Waals surface area contributed by atoms with Crippen LogP contribution in [-0.4, -0.2) is 34.6 Å². The minimum atomic E-state index is -1.05. The highest BCUT2D eigenvalue weighted by molar-refractivity contribution is 5.94. The third-order valence-corrected chi connectivity index (χ3v) is 4.38. The summed E-state index contributed by atoms with van der Waals surface area (Å²) in [5.41, 5.74) is 0.710. The maximum atomic E-state index is 13.3. The Hall–Kier alpha value is -2.70. The lowest BCUT2D eigenvalue weighted by Crippen LogP contribution is -2.31. The zero-order valence-corrected chi connectivity index (χ0v) is 14.0. The van der Waals surface area contributed by atoms with Crippen molar-refractivity contribution < 1.29 is 18.3 Å². The maximum Gasteiger partial charge on any atom is 0.254 e. The number of carbonyl (C=O) groups excluding carboxylic acids is 1. The number of hydrogen-bond acceptors (Lipinski definition) is 3. The summed E-state index contributed by atoms with van der Waals surface area (Å²) in [6, 6.07) is 6.28. The third-order valence-electron chi connectivity index (χ3n) is 4.38. The van der Waals surface area contributed by atoms with Gasteiger partial charge >= 0.3 is 0 Å². The van der Waals surface area contributed by atoms with Gasteiger partial charge in [-0.25, -0.2) is 8.78 Å². The molecule has 25 heavy (non-hydrogen) atoms. The van der Waals surface area contributed by atoms with Gasteiger partial charge in [0.05, 0.1) is 6.54 Å². The molecule has 1 aromatic carbocycles. The van der Waals surface area contributed by atoms with E-state index in [9.17, 15) is 18.4 Å². The summed E-state index contributed by atoms with van der Waals surface area (Å²) in [7, 11) is 1.68. The molecule has 0 saturated carbocycles. The number of amides is 1. The highest BCUT2D eigenvalue weighted by atomic mass is 19.2. The first-order valence-corrected chi connectivity index (χ1v) is 7.94. The Morgan fingerprint density at radius 2 is 1.96 bits per heavy atom. The van der Waals surface area contributed by atoms with Crippen LogP contribution in [-0.2, 0) is 7.05 Å². The summed E-state index contributed by atoms with van der Waals surface area (Å²) < 4.78 is 33.6. The van der Waals surface area contributed by atoms with Crippen molar-refractivity contribution in [3.05, 3.63) is 63.6 Å². The van der Waals surface area contributed by atoms with Crippen molar-refractivity contribution in [2.45, 2.75) is 19.4 Å². The molecule has 1 unspecified atom stereocenters. The molecule has 2 aromatic rings. The van der Waals surface area contributed by atoms with Crippen molar-refractivity contribution in [3.8, 4) is 5.75 Å². The summed E-state index contributed by atoms with van der Waals surface area (Å²) in [5.74, 6) is -1.94. The second-order valence-electron chi connectivity index (χ2n) is 6.14. The average molecular weight is 348 g/mol. The first kappa shape index (κ1) is 17.1. The molecule has 0 N–H and O–H groups in total. The van der Waals surface area contributed by atoms with Gasteiger partial charge < -0.3 is 14.2 Å². The number of nitrogens with zero attached hydrogens (tertiary/aromatic N) is 2. The van der Waals surface area contributed by atoms with Crippen LogP contribution >= 0.6 is 0 Å². The molecule has 0 bridgehead atoms. The molecule has 0 spiro atoms. The molecule has 7 heteroatoms. The number of benzene rings is 1. The van der Waals surface area contributed by atoms with E-state index in [1.54, 1.807) is 13.1 Å². The first-order chi connectivity index (χ1) is 11.8. The lowest BCUT2D eigenvalue weighted by molar-refractivity contribution is 0.0771. The molecule has 0 aliphatic carbocycles. The van der Waals surface area contributed by atoms with Gasteiger partial charge in [0, 0.05) is 37.3 Å². The van der Waals surface area contributed by atoms with Crippen LogP contribution in [0.15, 0.2) is 35.1 Å². The van der Waals surface area contributed by atoms with Crippen LogP contribution in [0.5, 0.6) is 5.75 Å². The quantitative estimate of drug-likeness (QED) is 0.855. The van der Waals surface area contributed by atoms with E-state index in [1.807, 2.05) is 6.92 Å². The van der Waals surface area contributed by atoms with Gasteiger partial charge in [-0.1, -0.05) is 0 Å². The molecule has 5 nitrogen and oxygen atoms in total. The summed E-state index contributed by atoms with van der Waals surface area (Å²) in [6.45, 7) is 2.58. The van der Waals surface area contributed by atoms with E-state index in [2.05, 4.69) is 0 Å². The van der Waals surface area contributed by atoms with Gasteiger partial charge in [-0.3, -0.25) is 9.59 Å². The average Bonchev–Trinajstić information content (AvgIpc) is 3.03. The van der Waals surface area contributed by atoms with Gasteiger partial charge in [-0.2, -0.15) is 0 Å². The first-order valence-electron chi connectivity index (χ1n) is 7.94. The Morgan fingerprint density at radius 1 is 1.20 bits per heavy atom. The predicted octanol–water partition coefficient (Wildman–Crippen LogP) is 2.27. The number of pyridine rings is 1. The Labute approximate surface area is 143 Å². The van der Waals surface area contributed by atoms with Crippen LogP contribution < -0.4 is 10.3 Å². The normalized spacial score (nSPS) is 17.0. The van der Waals surface area contributed by atoms with Crippen LogP contribution in [0.4, 0.5) is 8.78 Å². The van der Waals surface area contributed by atoms with E-state index in [0.717, 1.165) is 17.8 Å². The lowest BCUT2D eigenvalue weighted by Gasteiger charge is -2.18. The van der Waals surface area contributed by atoms with Gasteiger partial charge in [0.15, 0.2) is 11.6 Å². The molecule has 2 heterocycles.